The third-order valence-electron chi connectivity index (χ3n) is 1.81. The molecule has 0 aromatic carbocycles. The zero-order valence-electron chi connectivity index (χ0n) is 9.06. The highest BCUT2D eigenvalue weighted by molar-refractivity contribution is 5.91. The fourth-order valence-corrected chi connectivity index (χ4v) is 1.05. The van der Waals surface area contributed by atoms with E-state index in [0.29, 0.717) is 5.56 Å². The maximum Gasteiger partial charge on any atom is 0.224 e. The molecule has 0 atom stereocenters. The second kappa shape index (κ2) is 5.69. The molecule has 0 aliphatic heterocycles. The van der Waals surface area contributed by atoms with E-state index in [2.05, 4.69) is 15.2 Å². The second-order valence-electron chi connectivity index (χ2n) is 3.09. The SMILES string of the molecule is Cc1cc(F)nc(F)c1/C=N/N=C(N)C=CN. The van der Waals surface area contributed by atoms with Gasteiger partial charge in [0.25, 0.3) is 0 Å². The zero-order valence-corrected chi connectivity index (χ0v) is 9.06. The van der Waals surface area contributed by atoms with Gasteiger partial charge >= 0.3 is 0 Å². The molecule has 7 heteroatoms. The van der Waals surface area contributed by atoms with E-state index in [1.54, 1.807) is 0 Å². The predicted octanol–water partition coefficient (Wildman–Crippen LogP) is 0.832. The molecule has 90 valence electrons. The topological polar surface area (TPSA) is 89.6 Å². The number of aromatic nitrogens is 1. The molecule has 0 radical (unpaired) electrons. The summed E-state index contributed by atoms with van der Waals surface area (Å²) >= 11 is 0. The van der Waals surface area contributed by atoms with Crippen molar-refractivity contribution < 1.29 is 8.78 Å². The Morgan fingerprint density at radius 1 is 1.47 bits per heavy atom. The average molecular weight is 239 g/mol. The lowest BCUT2D eigenvalue weighted by Crippen LogP contribution is -2.07. The third kappa shape index (κ3) is 3.63. The Hall–Kier alpha value is -2.31. The summed E-state index contributed by atoms with van der Waals surface area (Å²) in [5, 5.41) is 7.06. The number of hydrogen-bond acceptors (Lipinski definition) is 4. The van der Waals surface area contributed by atoms with E-state index in [-0.39, 0.29) is 11.4 Å². The molecule has 0 aliphatic rings. The fourth-order valence-electron chi connectivity index (χ4n) is 1.05. The van der Waals surface area contributed by atoms with E-state index < -0.39 is 11.9 Å². The third-order valence-corrected chi connectivity index (χ3v) is 1.81. The fraction of sp³-hybridized carbons (Fsp3) is 0.100. The van der Waals surface area contributed by atoms with Crippen LogP contribution in [-0.2, 0) is 0 Å². The number of halogens is 2. The molecule has 0 saturated carbocycles. The number of nitrogens with zero attached hydrogens (tertiary/aromatic N) is 3. The van der Waals surface area contributed by atoms with Crippen molar-refractivity contribution in [3.05, 3.63) is 41.4 Å². The minimum absolute atomic E-state index is 0.0553. The largest absolute Gasteiger partial charge is 0.404 e. The van der Waals surface area contributed by atoms with Gasteiger partial charge in [0.15, 0.2) is 0 Å². The van der Waals surface area contributed by atoms with Crippen LogP contribution in [0.2, 0.25) is 0 Å². The Labute approximate surface area is 96.6 Å². The minimum Gasteiger partial charge on any atom is -0.404 e. The van der Waals surface area contributed by atoms with Crippen LogP contribution in [0.15, 0.2) is 28.5 Å². The van der Waals surface area contributed by atoms with Crippen molar-refractivity contribution in [3.63, 3.8) is 0 Å². The van der Waals surface area contributed by atoms with Crippen LogP contribution in [0.4, 0.5) is 8.78 Å². The summed E-state index contributed by atoms with van der Waals surface area (Å²) in [4.78, 5) is 3.03. The van der Waals surface area contributed by atoms with E-state index in [0.717, 1.165) is 12.3 Å². The van der Waals surface area contributed by atoms with Crippen LogP contribution in [0.3, 0.4) is 0 Å². The van der Waals surface area contributed by atoms with Crippen molar-refractivity contribution in [3.8, 4) is 0 Å². The summed E-state index contributed by atoms with van der Waals surface area (Å²) in [5.74, 6) is -1.77. The molecule has 0 spiro atoms. The molecule has 1 heterocycles. The lowest BCUT2D eigenvalue weighted by molar-refractivity contribution is 0.509. The molecule has 0 fully saturated rings. The Balaban J connectivity index is 2.96. The first-order valence-electron chi connectivity index (χ1n) is 4.62. The van der Waals surface area contributed by atoms with Crippen LogP contribution in [0.25, 0.3) is 0 Å². The van der Waals surface area contributed by atoms with Crippen LogP contribution >= 0.6 is 0 Å². The molecule has 0 unspecified atom stereocenters. The van der Waals surface area contributed by atoms with Gasteiger partial charge in [-0.1, -0.05) is 0 Å². The van der Waals surface area contributed by atoms with Crippen molar-refractivity contribution in [2.24, 2.45) is 21.7 Å². The van der Waals surface area contributed by atoms with Gasteiger partial charge in [-0.15, -0.1) is 5.10 Å². The maximum absolute atomic E-state index is 13.2. The van der Waals surface area contributed by atoms with E-state index >= 15 is 0 Å². The van der Waals surface area contributed by atoms with Crippen molar-refractivity contribution in [2.75, 3.05) is 0 Å². The van der Waals surface area contributed by atoms with Gasteiger partial charge in [-0.2, -0.15) is 18.9 Å². The second-order valence-corrected chi connectivity index (χ2v) is 3.09. The summed E-state index contributed by atoms with van der Waals surface area (Å²) in [6, 6.07) is 1.09. The van der Waals surface area contributed by atoms with Crippen LogP contribution < -0.4 is 11.5 Å². The molecule has 0 aliphatic carbocycles. The first-order valence-corrected chi connectivity index (χ1v) is 4.62. The predicted molar refractivity (Wildman–Crippen MR) is 61.4 cm³/mol. The normalized spacial score (nSPS) is 12.8. The van der Waals surface area contributed by atoms with Gasteiger partial charge in [0.2, 0.25) is 11.9 Å². The van der Waals surface area contributed by atoms with Crippen LogP contribution in [0.5, 0.6) is 0 Å². The summed E-state index contributed by atoms with van der Waals surface area (Å²) in [5.41, 5.74) is 10.8. The summed E-state index contributed by atoms with van der Waals surface area (Å²) in [6.07, 6.45) is 3.62. The smallest absolute Gasteiger partial charge is 0.224 e. The highest BCUT2D eigenvalue weighted by atomic mass is 19.1. The Bertz CT molecular complexity index is 470. The molecular weight excluding hydrogens is 228 g/mol. The standard InChI is InChI=1S/C10H11F2N5/c1-6-4-8(11)16-10(12)7(6)5-15-17-9(14)2-3-13/h2-5H,13H2,1H3,(H2,14,17)/b3-2?,15-5+. The lowest BCUT2D eigenvalue weighted by atomic mass is 10.2. The molecule has 0 amide bonds. The van der Waals surface area contributed by atoms with Crippen LogP contribution in [0.1, 0.15) is 11.1 Å². The average Bonchev–Trinajstić information content (AvgIpc) is 2.22. The number of rotatable bonds is 3. The van der Waals surface area contributed by atoms with Gasteiger partial charge in [-0.05, 0) is 30.8 Å². The molecule has 1 aromatic rings. The molecule has 17 heavy (non-hydrogen) atoms. The molecule has 0 bridgehead atoms. The minimum atomic E-state index is -0.950. The molecule has 1 rings (SSSR count). The zero-order chi connectivity index (χ0) is 12.8. The van der Waals surface area contributed by atoms with Gasteiger partial charge in [0, 0.05) is 0 Å². The summed E-state index contributed by atoms with van der Waals surface area (Å²) in [7, 11) is 0. The highest BCUT2D eigenvalue weighted by Crippen LogP contribution is 2.09. The Morgan fingerprint density at radius 3 is 2.76 bits per heavy atom. The van der Waals surface area contributed by atoms with Gasteiger partial charge in [0.1, 0.15) is 5.84 Å². The summed E-state index contributed by atoms with van der Waals surface area (Å²) < 4.78 is 25.9. The number of hydrogen-bond donors (Lipinski definition) is 2. The number of pyridine rings is 1. The number of nitrogens with two attached hydrogens (primary N) is 2. The van der Waals surface area contributed by atoms with Crippen molar-refractivity contribution >= 4 is 12.1 Å². The van der Waals surface area contributed by atoms with E-state index in [1.165, 1.54) is 19.2 Å². The Morgan fingerprint density at radius 2 is 2.18 bits per heavy atom. The summed E-state index contributed by atoms with van der Waals surface area (Å²) in [6.45, 7) is 1.53. The first-order chi connectivity index (χ1) is 8.04. The number of amidine groups is 1. The highest BCUT2D eigenvalue weighted by Gasteiger charge is 2.07. The van der Waals surface area contributed by atoms with Crippen molar-refractivity contribution in [2.45, 2.75) is 6.92 Å². The Kier molecular flexibility index (Phi) is 4.27. The molecular formula is C10H11F2N5. The van der Waals surface area contributed by atoms with E-state index in [4.69, 9.17) is 11.5 Å². The first kappa shape index (κ1) is 12.8. The quantitative estimate of drug-likeness (QED) is 0.354. The van der Waals surface area contributed by atoms with Crippen molar-refractivity contribution in [1.82, 2.24) is 4.98 Å². The van der Waals surface area contributed by atoms with Crippen LogP contribution in [0, 0.1) is 18.8 Å². The van der Waals surface area contributed by atoms with E-state index in [1.807, 2.05) is 0 Å². The molecule has 4 N–H and O–H groups in total. The molecule has 5 nitrogen and oxygen atoms in total. The van der Waals surface area contributed by atoms with Gasteiger partial charge in [-0.25, -0.2) is 0 Å². The monoisotopic (exact) mass is 239 g/mol. The van der Waals surface area contributed by atoms with Crippen LogP contribution in [-0.4, -0.2) is 17.0 Å². The van der Waals surface area contributed by atoms with Gasteiger partial charge in [-0.3, -0.25) is 0 Å². The molecule has 0 saturated heterocycles. The van der Waals surface area contributed by atoms with E-state index in [9.17, 15) is 8.78 Å². The maximum atomic E-state index is 13.2. The molecule has 1 aromatic heterocycles. The lowest BCUT2D eigenvalue weighted by Gasteiger charge is -1.99. The number of aryl methyl sites for hydroxylation is 1. The van der Waals surface area contributed by atoms with Gasteiger partial charge < -0.3 is 11.5 Å². The van der Waals surface area contributed by atoms with Crippen molar-refractivity contribution in [1.29, 1.82) is 0 Å². The van der Waals surface area contributed by atoms with Gasteiger partial charge in [0.05, 0.1) is 11.8 Å².